The molecule has 0 nitrogen and oxygen atoms in total. The molecule has 2 bridgehead atoms. The third kappa shape index (κ3) is 21.8. The van der Waals surface area contributed by atoms with Crippen molar-refractivity contribution < 1.29 is 0 Å². The summed E-state index contributed by atoms with van der Waals surface area (Å²) < 4.78 is 0. The molecule has 18 fully saturated rings. The average molecular weight is 1660 g/mol. The molecule has 18 rings (SSSR count). The van der Waals surface area contributed by atoms with Crippen LogP contribution >= 0.6 is 0 Å². The summed E-state index contributed by atoms with van der Waals surface area (Å²) in [7, 11) is 0. The van der Waals surface area contributed by atoms with Gasteiger partial charge in [0.2, 0.25) is 0 Å². The zero-order chi connectivity index (χ0) is 87.0. The van der Waals surface area contributed by atoms with E-state index in [1.165, 1.54) is 205 Å². The average Bonchev–Trinajstić information content (AvgIpc) is 1.31. The Morgan fingerprint density at radius 2 is 0.683 bits per heavy atom. The van der Waals surface area contributed by atoms with Gasteiger partial charge in [0.25, 0.3) is 0 Å². The molecule has 0 amide bonds. The lowest BCUT2D eigenvalue weighted by atomic mass is 9.36. The lowest BCUT2D eigenvalue weighted by Gasteiger charge is -2.68. The van der Waals surface area contributed by atoms with E-state index in [1.807, 2.05) is 0 Å². The minimum atomic E-state index is 0.584. The number of fused-ring (bicyclic) bond motifs is 14. The van der Waals surface area contributed by atoms with E-state index in [0.717, 1.165) is 195 Å². The minimum absolute atomic E-state index is 0.584. The van der Waals surface area contributed by atoms with Crippen molar-refractivity contribution >= 4 is 0 Å². The van der Waals surface area contributed by atoms with Crippen molar-refractivity contribution in [2.45, 2.75) is 521 Å². The maximum Gasteiger partial charge on any atom is -0.0259 e. The number of hydrogen-bond acceptors (Lipinski definition) is 0. The normalized spacial score (nSPS) is 48.8. The van der Waals surface area contributed by atoms with Crippen molar-refractivity contribution in [3.05, 3.63) is 0 Å². The van der Waals surface area contributed by atoms with Gasteiger partial charge in [0, 0.05) is 0 Å². The van der Waals surface area contributed by atoms with Crippen LogP contribution in [0.1, 0.15) is 521 Å². The highest BCUT2D eigenvalue weighted by atomic mass is 14.7. The highest BCUT2D eigenvalue weighted by Gasteiger charge is 2.66. The topological polar surface area (TPSA) is 0 Å². The molecule has 32 atom stereocenters. The Hall–Kier alpha value is 0. The monoisotopic (exact) mass is 1660 g/mol. The van der Waals surface area contributed by atoms with Crippen LogP contribution in [0.5, 0.6) is 0 Å². The molecule has 0 N–H and O–H groups in total. The van der Waals surface area contributed by atoms with Crippen LogP contribution in [-0.2, 0) is 0 Å². The van der Waals surface area contributed by atoms with Crippen LogP contribution in [0.3, 0.4) is 0 Å². The van der Waals surface area contributed by atoms with Crippen LogP contribution in [0.25, 0.3) is 0 Å². The summed E-state index contributed by atoms with van der Waals surface area (Å²) in [5.74, 6) is 32.2. The predicted molar refractivity (Wildman–Crippen MR) is 528 cm³/mol. The molecule has 18 aliphatic carbocycles. The Bertz CT molecular complexity index is 3040. The van der Waals surface area contributed by atoms with Crippen LogP contribution in [0, 0.1) is 238 Å². The molecule has 1 spiro atoms. The van der Waals surface area contributed by atoms with Gasteiger partial charge in [-0.05, 0) is 469 Å². The van der Waals surface area contributed by atoms with Crippen molar-refractivity contribution in [3.63, 3.8) is 0 Å². The van der Waals surface area contributed by atoms with E-state index >= 15 is 0 Å². The van der Waals surface area contributed by atoms with Crippen molar-refractivity contribution in [2.24, 2.45) is 238 Å². The third-order valence-electron chi connectivity index (χ3n) is 46.4. The van der Waals surface area contributed by atoms with E-state index in [-0.39, 0.29) is 0 Å². The Labute approximate surface area is 754 Å². The zero-order valence-electron chi connectivity index (χ0n) is 87.0. The van der Waals surface area contributed by atoms with Gasteiger partial charge < -0.3 is 0 Å². The fraction of sp³-hybridized carbons (Fsp3) is 1.00. The van der Waals surface area contributed by atoms with E-state index in [0.29, 0.717) is 43.3 Å². The van der Waals surface area contributed by atoms with E-state index in [4.69, 9.17) is 0 Å². The lowest BCUT2D eigenvalue weighted by Crippen LogP contribution is -2.60. The molecule has 18 aliphatic rings. The van der Waals surface area contributed by atoms with Crippen molar-refractivity contribution in [3.8, 4) is 0 Å². The molecule has 0 aromatic rings. The fourth-order valence-corrected chi connectivity index (χ4v) is 38.3. The van der Waals surface area contributed by atoms with E-state index in [9.17, 15) is 0 Å². The van der Waals surface area contributed by atoms with Gasteiger partial charge in [-0.15, -0.1) is 0 Å². The molecule has 0 heterocycles. The van der Waals surface area contributed by atoms with Gasteiger partial charge in [-0.2, -0.15) is 0 Å². The minimum Gasteiger partial charge on any atom is -0.0654 e. The second-order valence-corrected chi connectivity index (χ2v) is 56.0. The summed E-state index contributed by atoms with van der Waals surface area (Å²) in [6.45, 7) is 70.9. The van der Waals surface area contributed by atoms with Crippen LogP contribution in [0.15, 0.2) is 0 Å². The lowest BCUT2D eigenvalue weighted by molar-refractivity contribution is -0.190. The Kier molecular flexibility index (Phi) is 33.8. The molecule has 32 unspecified atom stereocenters. The van der Waals surface area contributed by atoms with Gasteiger partial charge in [0.15, 0.2) is 0 Å². The molecule has 0 radical (unpaired) electrons. The highest BCUT2D eigenvalue weighted by molar-refractivity contribution is 5.15. The molecule has 0 heteroatoms. The van der Waals surface area contributed by atoms with Crippen molar-refractivity contribution in [2.75, 3.05) is 0 Å². The van der Waals surface area contributed by atoms with Crippen molar-refractivity contribution in [1.29, 1.82) is 0 Å². The third-order valence-corrected chi connectivity index (χ3v) is 46.4. The Balaban J connectivity index is 0.000000132. The molecular formula is C120H218. The summed E-state index contributed by atoms with van der Waals surface area (Å²) in [6, 6.07) is 0. The molecule has 0 aliphatic heterocycles. The molecule has 698 valence electrons. The standard InChI is InChI=1S/C20H34.4C20H36.C20H40/c1-14-13-20-10-6-15(14)12-17(20)19(4)9-5-8-18(2,3)16(19)7-11-20;1-14(2)15-8-9-16-19(5,12-15)13-17-18(3,4)10-7-11-20(16,17)6;1-13(2)16-6-9-19-17(12-16)7-8-18-15(4)14(3)10-11-20(18,19)5;1-14(2)15-7-8-16-13-18-6-5-11-20(3,4)19(18)10-9-17(16)12-15;1-5-6-16-7-9-19-17(13-16)8-10-18-15(3)14(2)11-12-20(18,19)4;1-16(2)20-14-12-18(4)10-6-8-17(3)9-7-11-19(5)13-15-20/h14-17H,5-13H2,1-4H3;14-17H,7-13H2,1-6H3;13-19H,6-12H2,1-5H3;2*14-19H,5-13H2,1-4H3;16-20H,6-15H2,1-5H3. The van der Waals surface area contributed by atoms with E-state index < -0.39 is 0 Å². The van der Waals surface area contributed by atoms with Gasteiger partial charge in [-0.25, -0.2) is 0 Å². The van der Waals surface area contributed by atoms with Crippen LogP contribution in [-0.4, -0.2) is 0 Å². The van der Waals surface area contributed by atoms with E-state index in [2.05, 4.69) is 194 Å². The summed E-state index contributed by atoms with van der Waals surface area (Å²) >= 11 is 0. The molecule has 0 aromatic heterocycles. The first-order valence-electron chi connectivity index (χ1n) is 56.5. The molecule has 120 heavy (non-hydrogen) atoms. The quantitative estimate of drug-likeness (QED) is 0.249. The first kappa shape index (κ1) is 99.0. The first-order valence-corrected chi connectivity index (χ1v) is 56.5. The van der Waals surface area contributed by atoms with Gasteiger partial charge >= 0.3 is 0 Å². The second kappa shape index (κ2) is 41.0. The van der Waals surface area contributed by atoms with Gasteiger partial charge in [0.05, 0.1) is 0 Å². The summed E-state index contributed by atoms with van der Waals surface area (Å²) in [5, 5.41) is 0. The van der Waals surface area contributed by atoms with Crippen molar-refractivity contribution in [1.82, 2.24) is 0 Å². The first-order chi connectivity index (χ1) is 56.5. The molecular weight excluding hydrogens is 1440 g/mol. The maximum atomic E-state index is 2.72. The summed E-state index contributed by atoms with van der Waals surface area (Å²) in [6.07, 6.45) is 77.3. The Morgan fingerprint density at radius 3 is 1.23 bits per heavy atom. The summed E-state index contributed by atoms with van der Waals surface area (Å²) in [4.78, 5) is 0. The summed E-state index contributed by atoms with van der Waals surface area (Å²) in [5.41, 5.74) is 5.96. The van der Waals surface area contributed by atoms with Crippen LogP contribution in [0.2, 0.25) is 0 Å². The Morgan fingerprint density at radius 1 is 0.250 bits per heavy atom. The molecule has 18 saturated carbocycles. The smallest absolute Gasteiger partial charge is 0.0259 e. The van der Waals surface area contributed by atoms with Gasteiger partial charge in [-0.1, -0.05) is 290 Å². The van der Waals surface area contributed by atoms with Crippen LogP contribution < -0.4 is 0 Å². The van der Waals surface area contributed by atoms with Gasteiger partial charge in [-0.3, -0.25) is 0 Å². The SMILES string of the molecule is CC(C)C1CCC2C(C)(C1)CC1C(C)(C)CCCC12C.CC(C)C1CCC2C(CCC3C(C)C(C)CCC23C)C1.CC(C)C1CCC2CC3CCCC(C)(C)C3CCC2C1.CC1CC23CCC1CC2C1(C)CCCC(C)(C)C1CC3.CC1CCCC(C)CCC(C(C)C)CCC(C)CCC1.CCCC1CCC2C(CCC3C(C)C(C)CCC23C)C1. The molecule has 0 saturated heterocycles. The highest BCUT2D eigenvalue weighted by Crippen LogP contribution is 2.75. The maximum absolute atomic E-state index is 2.72. The predicted octanol–water partition coefficient (Wildman–Crippen LogP) is 38.2. The van der Waals surface area contributed by atoms with E-state index in [1.54, 1.807) is 122 Å². The van der Waals surface area contributed by atoms with Gasteiger partial charge in [0.1, 0.15) is 0 Å². The number of rotatable bonds is 6. The molecule has 0 aromatic carbocycles. The largest absolute Gasteiger partial charge is 0.0654 e. The fourth-order valence-electron chi connectivity index (χ4n) is 38.3. The zero-order valence-corrected chi connectivity index (χ0v) is 87.0. The number of hydrogen-bond donors (Lipinski definition) is 0. The second-order valence-electron chi connectivity index (χ2n) is 56.0. The van der Waals surface area contributed by atoms with Crippen LogP contribution in [0.4, 0.5) is 0 Å².